The summed E-state index contributed by atoms with van der Waals surface area (Å²) in [5.74, 6) is 1.65. The Kier molecular flexibility index (Phi) is 5.41. The molecule has 2 aliphatic rings. The fraction of sp³-hybridized carbons (Fsp3) is 0.409. The van der Waals surface area contributed by atoms with Crippen LogP contribution in [0.3, 0.4) is 0 Å². The lowest BCUT2D eigenvalue weighted by Crippen LogP contribution is -2.28. The van der Waals surface area contributed by atoms with E-state index in [1.165, 1.54) is 22.1 Å². The van der Waals surface area contributed by atoms with E-state index in [-0.39, 0.29) is 0 Å². The summed E-state index contributed by atoms with van der Waals surface area (Å²) in [4.78, 5) is 8.30. The molecular weight excluding hydrogens is 354 g/mol. The van der Waals surface area contributed by atoms with Gasteiger partial charge in [0.1, 0.15) is 5.82 Å². The third-order valence-corrected chi connectivity index (χ3v) is 6.84. The van der Waals surface area contributed by atoms with Crippen LogP contribution in [0.25, 0.3) is 10.9 Å². The van der Waals surface area contributed by atoms with Gasteiger partial charge in [0.25, 0.3) is 0 Å². The van der Waals surface area contributed by atoms with Gasteiger partial charge in [-0.2, -0.15) is 0 Å². The van der Waals surface area contributed by atoms with Crippen molar-refractivity contribution < 1.29 is 4.21 Å². The normalized spacial score (nSPS) is 20.1. The van der Waals surface area contributed by atoms with Crippen molar-refractivity contribution in [1.82, 2.24) is 4.98 Å². The molecule has 0 amide bonds. The number of benzene rings is 1. The highest BCUT2D eigenvalue weighted by atomic mass is 32.2. The quantitative estimate of drug-likeness (QED) is 0.879. The molecule has 2 heterocycles. The predicted octanol–water partition coefficient (Wildman–Crippen LogP) is 3.61. The summed E-state index contributed by atoms with van der Waals surface area (Å²) in [7, 11) is -0.902. The van der Waals surface area contributed by atoms with E-state index in [4.69, 9.17) is 10.7 Å². The second kappa shape index (κ2) is 7.95. The fourth-order valence-electron chi connectivity index (χ4n) is 3.92. The number of nitrogens with two attached hydrogens (primary N) is 1. The maximum atomic E-state index is 12.6. The Morgan fingerprint density at radius 1 is 1.22 bits per heavy atom. The molecule has 2 aromatic rings. The highest BCUT2D eigenvalue weighted by Gasteiger charge is 2.24. The van der Waals surface area contributed by atoms with Crippen LogP contribution in [0.1, 0.15) is 30.4 Å². The Bertz CT molecular complexity index is 948. The zero-order valence-corrected chi connectivity index (χ0v) is 16.7. The van der Waals surface area contributed by atoms with Crippen molar-refractivity contribution in [2.75, 3.05) is 30.3 Å². The van der Waals surface area contributed by atoms with E-state index in [1.807, 2.05) is 0 Å². The van der Waals surface area contributed by atoms with E-state index >= 15 is 0 Å². The Labute approximate surface area is 163 Å². The van der Waals surface area contributed by atoms with Gasteiger partial charge in [-0.05, 0) is 68.5 Å². The number of allylic oxidation sites excluding steroid dienone is 2. The molecule has 4 rings (SSSR count). The molecule has 27 heavy (non-hydrogen) atoms. The number of aromatic nitrogens is 1. The molecule has 142 valence electrons. The van der Waals surface area contributed by atoms with Crippen LogP contribution in [0.15, 0.2) is 46.9 Å². The molecule has 0 saturated carbocycles. The molecule has 4 nitrogen and oxygen atoms in total. The second-order valence-corrected chi connectivity index (χ2v) is 8.94. The minimum absolute atomic E-state index is 0.662. The zero-order chi connectivity index (χ0) is 18.8. The van der Waals surface area contributed by atoms with Crippen molar-refractivity contribution >= 4 is 27.5 Å². The van der Waals surface area contributed by atoms with Gasteiger partial charge in [0.05, 0.1) is 16.3 Å². The van der Waals surface area contributed by atoms with Gasteiger partial charge < -0.3 is 10.6 Å². The van der Waals surface area contributed by atoms with Crippen LogP contribution >= 0.6 is 0 Å². The van der Waals surface area contributed by atoms with Gasteiger partial charge in [0.2, 0.25) is 0 Å². The highest BCUT2D eigenvalue weighted by molar-refractivity contribution is 7.89. The Balaban J connectivity index is 1.74. The average Bonchev–Trinajstić information content (AvgIpc) is 2.85. The number of rotatable bonds is 4. The number of aryl methyl sites for hydroxylation is 2. The van der Waals surface area contributed by atoms with Crippen molar-refractivity contribution in [3.05, 3.63) is 58.0 Å². The summed E-state index contributed by atoms with van der Waals surface area (Å²) < 4.78 is 12.6. The number of fused-ring (bicyclic) bond motifs is 2. The largest absolute Gasteiger partial charge is 0.351 e. The van der Waals surface area contributed by atoms with Gasteiger partial charge in [0.15, 0.2) is 0 Å². The standard InChI is InChI=1S/C22H27N3OS/c1-16-8-9-20-19(13-16)17(6-4-10-23)14-22(24-20)25-11-12-27(26)21-7-3-2-5-18(21)15-25/h5,7-9,13-14H,2-4,6,10-12,15,23H2,1H3. The van der Waals surface area contributed by atoms with Crippen LogP contribution in [0.2, 0.25) is 0 Å². The summed E-state index contributed by atoms with van der Waals surface area (Å²) in [6.07, 6.45) is 8.38. The van der Waals surface area contributed by atoms with Crippen LogP contribution in [0.5, 0.6) is 0 Å². The highest BCUT2D eigenvalue weighted by Crippen LogP contribution is 2.30. The van der Waals surface area contributed by atoms with E-state index in [9.17, 15) is 4.21 Å². The molecule has 1 atom stereocenters. The summed E-state index contributed by atoms with van der Waals surface area (Å²) in [5.41, 5.74) is 10.6. The lowest BCUT2D eigenvalue weighted by Gasteiger charge is -2.24. The summed E-state index contributed by atoms with van der Waals surface area (Å²) in [6.45, 7) is 4.36. The van der Waals surface area contributed by atoms with Gasteiger partial charge in [0, 0.05) is 29.1 Å². The molecule has 5 heteroatoms. The molecule has 1 fully saturated rings. The van der Waals surface area contributed by atoms with Crippen molar-refractivity contribution in [2.45, 2.75) is 32.6 Å². The molecule has 1 saturated heterocycles. The van der Waals surface area contributed by atoms with Gasteiger partial charge in [-0.1, -0.05) is 23.8 Å². The third kappa shape index (κ3) is 3.85. The first-order chi connectivity index (χ1) is 13.2. The van der Waals surface area contributed by atoms with Crippen LogP contribution < -0.4 is 10.6 Å². The maximum Gasteiger partial charge on any atom is 0.129 e. The Morgan fingerprint density at radius 3 is 2.93 bits per heavy atom. The van der Waals surface area contributed by atoms with Gasteiger partial charge in [-0.15, -0.1) is 0 Å². The molecular formula is C22H27N3OS. The number of hydrogen-bond donors (Lipinski definition) is 1. The number of anilines is 1. The first kappa shape index (κ1) is 18.4. The van der Waals surface area contributed by atoms with Crippen LogP contribution in [0, 0.1) is 6.92 Å². The molecule has 0 spiro atoms. The van der Waals surface area contributed by atoms with E-state index in [1.54, 1.807) is 0 Å². The number of nitrogens with zero attached hydrogens (tertiary/aromatic N) is 2. The SMILES string of the molecule is Cc1ccc2nc(N3CCS(=O)C4=CCCC=C4C3)cc(CCCN)c2c1. The monoisotopic (exact) mass is 381 g/mol. The van der Waals surface area contributed by atoms with Gasteiger partial charge >= 0.3 is 0 Å². The summed E-state index contributed by atoms with van der Waals surface area (Å²) in [5, 5.41) is 1.23. The van der Waals surface area contributed by atoms with Crippen LogP contribution in [0.4, 0.5) is 5.82 Å². The predicted molar refractivity (Wildman–Crippen MR) is 114 cm³/mol. The van der Waals surface area contributed by atoms with Crippen LogP contribution in [-0.2, 0) is 17.2 Å². The van der Waals surface area contributed by atoms with Crippen LogP contribution in [-0.4, -0.2) is 34.6 Å². The maximum absolute atomic E-state index is 12.6. The smallest absolute Gasteiger partial charge is 0.129 e. The molecule has 2 N–H and O–H groups in total. The van der Waals surface area contributed by atoms with E-state index in [0.717, 1.165) is 55.0 Å². The van der Waals surface area contributed by atoms with Crippen molar-refractivity contribution in [1.29, 1.82) is 0 Å². The summed E-state index contributed by atoms with van der Waals surface area (Å²) in [6, 6.07) is 8.67. The molecule has 1 aromatic carbocycles. The second-order valence-electron chi connectivity index (χ2n) is 7.40. The average molecular weight is 382 g/mol. The van der Waals surface area contributed by atoms with Gasteiger partial charge in [-0.25, -0.2) is 4.98 Å². The van der Waals surface area contributed by atoms with E-state index < -0.39 is 10.8 Å². The molecule has 1 aliphatic carbocycles. The van der Waals surface area contributed by atoms with Gasteiger partial charge in [-0.3, -0.25) is 4.21 Å². The molecule has 0 bridgehead atoms. The zero-order valence-electron chi connectivity index (χ0n) is 15.9. The minimum Gasteiger partial charge on any atom is -0.351 e. The number of hydrogen-bond acceptors (Lipinski definition) is 4. The first-order valence-corrected chi connectivity index (χ1v) is 11.1. The lowest BCUT2D eigenvalue weighted by molar-refractivity contribution is 0.686. The fourth-order valence-corrected chi connectivity index (χ4v) is 5.27. The van der Waals surface area contributed by atoms with Crippen molar-refractivity contribution in [2.24, 2.45) is 5.73 Å². The van der Waals surface area contributed by atoms with Crippen molar-refractivity contribution in [3.63, 3.8) is 0 Å². The van der Waals surface area contributed by atoms with Crippen molar-refractivity contribution in [3.8, 4) is 0 Å². The molecule has 1 aliphatic heterocycles. The summed E-state index contributed by atoms with van der Waals surface area (Å²) >= 11 is 0. The minimum atomic E-state index is -0.902. The Hall–Kier alpha value is -1.98. The molecule has 0 radical (unpaired) electrons. The molecule has 1 aromatic heterocycles. The Morgan fingerprint density at radius 2 is 2.07 bits per heavy atom. The van der Waals surface area contributed by atoms with E-state index in [2.05, 4.69) is 48.2 Å². The van der Waals surface area contributed by atoms with E-state index in [0.29, 0.717) is 12.3 Å². The first-order valence-electron chi connectivity index (χ1n) is 9.79. The topological polar surface area (TPSA) is 59.2 Å². The third-order valence-electron chi connectivity index (χ3n) is 5.37. The molecule has 1 unspecified atom stereocenters. The lowest BCUT2D eigenvalue weighted by atomic mass is 10.0. The number of pyridine rings is 1.